The van der Waals surface area contributed by atoms with Gasteiger partial charge >= 0.3 is 5.97 Å². The van der Waals surface area contributed by atoms with E-state index in [9.17, 15) is 18.3 Å². The Morgan fingerprint density at radius 3 is 2.47 bits per heavy atom. The summed E-state index contributed by atoms with van der Waals surface area (Å²) in [5.74, 6) is -1.05. The van der Waals surface area contributed by atoms with Gasteiger partial charge in [0, 0.05) is 32.4 Å². The van der Waals surface area contributed by atoms with Crippen LogP contribution in [0.25, 0.3) is 0 Å². The normalized spacial score (nSPS) is 16.4. The fraction of sp³-hybridized carbons (Fsp3) is 0.417. The van der Waals surface area contributed by atoms with Gasteiger partial charge in [0.25, 0.3) is 0 Å². The van der Waals surface area contributed by atoms with E-state index in [-0.39, 0.29) is 10.5 Å². The van der Waals surface area contributed by atoms with Gasteiger partial charge in [-0.1, -0.05) is 0 Å². The lowest BCUT2D eigenvalue weighted by Gasteiger charge is -2.30. The summed E-state index contributed by atoms with van der Waals surface area (Å²) in [6.45, 7) is 2.82. The SMILES string of the molecule is CS(=O)(=O)c1ccc(C(=O)O)c(N2CCNCC2)c1. The monoisotopic (exact) mass is 284 g/mol. The van der Waals surface area contributed by atoms with Crippen LogP contribution in [-0.2, 0) is 9.84 Å². The van der Waals surface area contributed by atoms with Crippen molar-refractivity contribution in [1.82, 2.24) is 5.32 Å². The van der Waals surface area contributed by atoms with Crippen LogP contribution in [0.3, 0.4) is 0 Å². The van der Waals surface area contributed by atoms with Gasteiger partial charge in [-0.05, 0) is 18.2 Å². The van der Waals surface area contributed by atoms with Gasteiger partial charge in [-0.3, -0.25) is 0 Å². The summed E-state index contributed by atoms with van der Waals surface area (Å²) < 4.78 is 23.1. The minimum Gasteiger partial charge on any atom is -0.478 e. The molecule has 1 aliphatic rings. The predicted molar refractivity (Wildman–Crippen MR) is 71.6 cm³/mol. The summed E-state index contributed by atoms with van der Waals surface area (Å²) in [4.78, 5) is 13.3. The van der Waals surface area contributed by atoms with Crippen molar-refractivity contribution in [2.75, 3.05) is 37.3 Å². The zero-order valence-corrected chi connectivity index (χ0v) is 11.4. The third-order valence-corrected chi connectivity index (χ3v) is 4.20. The van der Waals surface area contributed by atoms with Crippen LogP contribution in [0.4, 0.5) is 5.69 Å². The Labute approximate surface area is 112 Å². The van der Waals surface area contributed by atoms with Crippen LogP contribution >= 0.6 is 0 Å². The maximum Gasteiger partial charge on any atom is 0.337 e. The van der Waals surface area contributed by atoms with Crippen molar-refractivity contribution in [3.8, 4) is 0 Å². The van der Waals surface area contributed by atoms with Gasteiger partial charge in [-0.2, -0.15) is 0 Å². The highest BCUT2D eigenvalue weighted by atomic mass is 32.2. The Morgan fingerprint density at radius 1 is 1.32 bits per heavy atom. The highest BCUT2D eigenvalue weighted by Gasteiger charge is 2.20. The molecule has 0 saturated carbocycles. The average Bonchev–Trinajstić information content (AvgIpc) is 2.38. The molecule has 0 bridgehead atoms. The lowest BCUT2D eigenvalue weighted by Crippen LogP contribution is -2.44. The fourth-order valence-electron chi connectivity index (χ4n) is 2.09. The highest BCUT2D eigenvalue weighted by Crippen LogP contribution is 2.25. The largest absolute Gasteiger partial charge is 0.478 e. The van der Waals surface area contributed by atoms with E-state index < -0.39 is 15.8 Å². The van der Waals surface area contributed by atoms with E-state index in [1.54, 1.807) is 0 Å². The molecule has 0 aromatic heterocycles. The van der Waals surface area contributed by atoms with Crippen LogP contribution in [0.2, 0.25) is 0 Å². The molecule has 1 aromatic carbocycles. The Bertz CT molecular complexity index is 592. The summed E-state index contributed by atoms with van der Waals surface area (Å²) in [5, 5.41) is 12.4. The average molecular weight is 284 g/mol. The first-order valence-corrected chi connectivity index (χ1v) is 7.82. The summed E-state index contributed by atoms with van der Waals surface area (Å²) in [6, 6.07) is 4.14. The summed E-state index contributed by atoms with van der Waals surface area (Å²) >= 11 is 0. The number of nitrogens with zero attached hydrogens (tertiary/aromatic N) is 1. The quantitative estimate of drug-likeness (QED) is 0.824. The molecular weight excluding hydrogens is 268 g/mol. The van der Waals surface area contributed by atoms with Gasteiger partial charge in [0.15, 0.2) is 9.84 Å². The Hall–Kier alpha value is -1.60. The molecule has 2 N–H and O–H groups in total. The predicted octanol–water partition coefficient (Wildman–Crippen LogP) is 0.198. The third-order valence-electron chi connectivity index (χ3n) is 3.09. The molecule has 1 fully saturated rings. The van der Waals surface area contributed by atoms with Crippen molar-refractivity contribution < 1.29 is 18.3 Å². The Balaban J connectivity index is 2.50. The molecule has 19 heavy (non-hydrogen) atoms. The lowest BCUT2D eigenvalue weighted by atomic mass is 10.1. The number of nitrogens with one attached hydrogen (secondary N) is 1. The molecule has 1 aliphatic heterocycles. The molecule has 0 spiro atoms. The number of piperazine rings is 1. The van der Waals surface area contributed by atoms with Gasteiger partial charge < -0.3 is 15.3 Å². The van der Waals surface area contributed by atoms with Crippen LogP contribution in [0, 0.1) is 0 Å². The number of carbonyl (C=O) groups is 1. The van der Waals surface area contributed by atoms with Crippen molar-refractivity contribution >= 4 is 21.5 Å². The van der Waals surface area contributed by atoms with Crippen molar-refractivity contribution in [1.29, 1.82) is 0 Å². The molecule has 1 heterocycles. The first-order chi connectivity index (χ1) is 8.89. The smallest absolute Gasteiger partial charge is 0.337 e. The first kappa shape index (κ1) is 13.8. The zero-order valence-electron chi connectivity index (χ0n) is 10.6. The fourth-order valence-corrected chi connectivity index (χ4v) is 2.73. The molecule has 104 valence electrons. The number of rotatable bonds is 3. The second kappa shape index (κ2) is 5.18. The Morgan fingerprint density at radius 2 is 1.95 bits per heavy atom. The number of hydrogen-bond donors (Lipinski definition) is 2. The van der Waals surface area contributed by atoms with Crippen LogP contribution < -0.4 is 10.2 Å². The van der Waals surface area contributed by atoms with Crippen LogP contribution in [0.5, 0.6) is 0 Å². The van der Waals surface area contributed by atoms with E-state index in [2.05, 4.69) is 5.32 Å². The third kappa shape index (κ3) is 3.05. The highest BCUT2D eigenvalue weighted by molar-refractivity contribution is 7.90. The van der Waals surface area contributed by atoms with Crippen LogP contribution in [-0.4, -0.2) is 51.9 Å². The van der Waals surface area contributed by atoms with Crippen molar-refractivity contribution in [3.05, 3.63) is 23.8 Å². The molecule has 6 nitrogen and oxygen atoms in total. The maximum absolute atomic E-state index is 11.6. The molecule has 2 rings (SSSR count). The van der Waals surface area contributed by atoms with Gasteiger partial charge in [-0.25, -0.2) is 13.2 Å². The van der Waals surface area contributed by atoms with E-state index in [1.807, 2.05) is 4.90 Å². The van der Waals surface area contributed by atoms with Gasteiger partial charge in [0.1, 0.15) is 0 Å². The summed E-state index contributed by atoms with van der Waals surface area (Å²) in [7, 11) is -3.34. The van der Waals surface area contributed by atoms with E-state index >= 15 is 0 Å². The standard InChI is InChI=1S/C12H16N2O4S/c1-19(17,18)9-2-3-10(12(15)16)11(8-9)14-6-4-13-5-7-14/h2-3,8,13H,4-7H2,1H3,(H,15,16). The number of hydrogen-bond acceptors (Lipinski definition) is 5. The van der Waals surface area contributed by atoms with E-state index in [1.165, 1.54) is 18.2 Å². The minimum atomic E-state index is -3.34. The molecule has 1 saturated heterocycles. The number of carboxylic acids is 1. The van der Waals surface area contributed by atoms with Crippen molar-refractivity contribution in [3.63, 3.8) is 0 Å². The molecule has 0 amide bonds. The van der Waals surface area contributed by atoms with Gasteiger partial charge in [-0.15, -0.1) is 0 Å². The van der Waals surface area contributed by atoms with Gasteiger partial charge in [0.05, 0.1) is 16.1 Å². The molecule has 0 atom stereocenters. The minimum absolute atomic E-state index is 0.134. The second-order valence-electron chi connectivity index (χ2n) is 4.49. The lowest BCUT2D eigenvalue weighted by molar-refractivity contribution is 0.0697. The molecule has 7 heteroatoms. The van der Waals surface area contributed by atoms with Crippen LogP contribution in [0.1, 0.15) is 10.4 Å². The second-order valence-corrected chi connectivity index (χ2v) is 6.51. The van der Waals surface area contributed by atoms with Gasteiger partial charge in [0.2, 0.25) is 0 Å². The van der Waals surface area contributed by atoms with Crippen molar-refractivity contribution in [2.24, 2.45) is 0 Å². The Kier molecular flexibility index (Phi) is 3.77. The molecular formula is C12H16N2O4S. The number of carboxylic acid groups (broad SMARTS) is 1. The molecule has 1 aromatic rings. The first-order valence-electron chi connectivity index (χ1n) is 5.92. The number of aromatic carboxylic acids is 1. The molecule has 0 aliphatic carbocycles. The summed E-state index contributed by atoms with van der Waals surface area (Å²) in [5.41, 5.74) is 0.603. The van der Waals surface area contributed by atoms with E-state index in [0.717, 1.165) is 19.3 Å². The molecule has 0 unspecified atom stereocenters. The number of anilines is 1. The van der Waals surface area contributed by atoms with E-state index in [4.69, 9.17) is 0 Å². The zero-order chi connectivity index (χ0) is 14.0. The van der Waals surface area contributed by atoms with Crippen molar-refractivity contribution in [2.45, 2.75) is 4.90 Å². The number of sulfone groups is 1. The van der Waals surface area contributed by atoms with Crippen LogP contribution in [0.15, 0.2) is 23.1 Å². The molecule has 0 radical (unpaired) electrons. The number of benzene rings is 1. The summed E-state index contributed by atoms with van der Waals surface area (Å²) in [6.07, 6.45) is 1.12. The van der Waals surface area contributed by atoms with E-state index in [0.29, 0.717) is 18.8 Å². The maximum atomic E-state index is 11.6. The topological polar surface area (TPSA) is 86.7 Å².